The molecule has 1 fully saturated rings. The summed E-state index contributed by atoms with van der Waals surface area (Å²) in [5, 5.41) is 13.4. The molecule has 0 radical (unpaired) electrons. The van der Waals surface area contributed by atoms with Gasteiger partial charge in [0.2, 0.25) is 5.91 Å². The van der Waals surface area contributed by atoms with Crippen molar-refractivity contribution < 1.29 is 33.0 Å². The third kappa shape index (κ3) is 4.31. The molecule has 176 valence electrons. The number of halogens is 2. The highest BCUT2D eigenvalue weighted by molar-refractivity contribution is 5.86. The van der Waals surface area contributed by atoms with E-state index in [4.69, 9.17) is 16.3 Å². The van der Waals surface area contributed by atoms with Crippen molar-refractivity contribution in [1.29, 1.82) is 0 Å². The number of alkyl carbamates (subject to hydrolysis) is 1. The highest BCUT2D eigenvalue weighted by atomic mass is 19.3. The number of terminal acetylenes is 1. The van der Waals surface area contributed by atoms with Gasteiger partial charge >= 0.3 is 12.1 Å². The molecular formula is C25H22F2N2O5. The van der Waals surface area contributed by atoms with Gasteiger partial charge in [-0.2, -0.15) is 0 Å². The number of alkyl halides is 2. The minimum atomic E-state index is -3.39. The second kappa shape index (κ2) is 9.14. The number of aliphatic carboxylic acids is 1. The van der Waals surface area contributed by atoms with Crippen LogP contribution in [0.1, 0.15) is 23.5 Å². The molecule has 34 heavy (non-hydrogen) atoms. The highest BCUT2D eigenvalue weighted by Gasteiger charge is 2.72. The number of hydrogen-bond donors (Lipinski definition) is 3. The molecule has 1 unspecified atom stereocenters. The zero-order valence-electron chi connectivity index (χ0n) is 18.0. The molecule has 0 aliphatic heterocycles. The Morgan fingerprint density at radius 1 is 1.09 bits per heavy atom. The molecule has 9 heteroatoms. The summed E-state index contributed by atoms with van der Waals surface area (Å²) in [4.78, 5) is 35.7. The molecule has 4 rings (SSSR count). The maximum Gasteiger partial charge on any atom is 0.407 e. The number of carbonyl (C=O) groups is 3. The van der Waals surface area contributed by atoms with E-state index in [1.54, 1.807) is 0 Å². The fourth-order valence-corrected chi connectivity index (χ4v) is 4.42. The largest absolute Gasteiger partial charge is 0.481 e. The lowest BCUT2D eigenvalue weighted by Gasteiger charge is -2.18. The van der Waals surface area contributed by atoms with Crippen LogP contribution >= 0.6 is 0 Å². The smallest absolute Gasteiger partial charge is 0.407 e. The standard InChI is InChI=1S/C25H22F2N2O5/c1-2-7-20(22(30)28-12-19-21(23(31)32)25(19,26)27)29-24(33)34-13-18-16-10-5-3-8-14(16)15-9-4-6-11-17(15)18/h1,3-6,8-11,18-21H,7,12-13H2,(H,28,30)(H,29,33)(H,31,32)/t19-,20?,21-/m1/s1. The summed E-state index contributed by atoms with van der Waals surface area (Å²) < 4.78 is 32.4. The predicted molar refractivity (Wildman–Crippen MR) is 118 cm³/mol. The van der Waals surface area contributed by atoms with Crippen molar-refractivity contribution in [2.45, 2.75) is 24.3 Å². The predicted octanol–water partition coefficient (Wildman–Crippen LogP) is 3.00. The summed E-state index contributed by atoms with van der Waals surface area (Å²) in [5.41, 5.74) is 4.17. The Morgan fingerprint density at radius 3 is 2.21 bits per heavy atom. The number of benzene rings is 2. The summed E-state index contributed by atoms with van der Waals surface area (Å²) in [6.07, 6.45) is 4.20. The topological polar surface area (TPSA) is 105 Å². The van der Waals surface area contributed by atoms with Crippen LogP contribution in [-0.2, 0) is 14.3 Å². The van der Waals surface area contributed by atoms with Crippen LogP contribution in [0.4, 0.5) is 13.6 Å². The van der Waals surface area contributed by atoms with Crippen molar-refractivity contribution in [3.05, 3.63) is 59.7 Å². The summed E-state index contributed by atoms with van der Waals surface area (Å²) >= 11 is 0. The minimum Gasteiger partial charge on any atom is -0.481 e. The van der Waals surface area contributed by atoms with E-state index in [1.165, 1.54) is 0 Å². The van der Waals surface area contributed by atoms with Crippen LogP contribution in [0.2, 0.25) is 0 Å². The molecule has 3 atom stereocenters. The number of hydrogen-bond acceptors (Lipinski definition) is 4. The van der Waals surface area contributed by atoms with Crippen LogP contribution in [0.5, 0.6) is 0 Å². The summed E-state index contributed by atoms with van der Waals surface area (Å²) in [5.74, 6) is -7.08. The van der Waals surface area contributed by atoms with Crippen LogP contribution in [0.25, 0.3) is 11.1 Å². The first-order chi connectivity index (χ1) is 16.3. The Morgan fingerprint density at radius 2 is 1.68 bits per heavy atom. The quantitative estimate of drug-likeness (QED) is 0.517. The molecule has 3 N–H and O–H groups in total. The van der Waals surface area contributed by atoms with Gasteiger partial charge < -0.3 is 20.5 Å². The summed E-state index contributed by atoms with van der Waals surface area (Å²) in [7, 11) is 0. The second-order valence-corrected chi connectivity index (χ2v) is 8.27. The van der Waals surface area contributed by atoms with Gasteiger partial charge in [0.15, 0.2) is 0 Å². The Labute approximate surface area is 194 Å². The number of carbonyl (C=O) groups excluding carboxylic acids is 2. The molecule has 2 aliphatic rings. The SMILES string of the molecule is C#CCC(NC(=O)OCC1c2ccccc2-c2ccccc21)C(=O)NC[C@@H]1[C@H](C(=O)O)C1(F)F. The molecule has 0 aromatic heterocycles. The van der Waals surface area contributed by atoms with Gasteiger partial charge in [0.25, 0.3) is 5.92 Å². The lowest BCUT2D eigenvalue weighted by molar-refractivity contribution is -0.141. The Kier molecular flexibility index (Phi) is 6.24. The molecule has 0 spiro atoms. The normalized spacial score (nSPS) is 20.3. The number of ether oxygens (including phenoxy) is 1. The van der Waals surface area contributed by atoms with Crippen molar-refractivity contribution in [3.8, 4) is 23.5 Å². The fraction of sp³-hybridized carbons (Fsp3) is 0.320. The molecule has 0 heterocycles. The van der Waals surface area contributed by atoms with Gasteiger partial charge in [-0.05, 0) is 22.3 Å². The van der Waals surface area contributed by atoms with Crippen LogP contribution in [0.3, 0.4) is 0 Å². The van der Waals surface area contributed by atoms with E-state index in [1.807, 2.05) is 48.5 Å². The van der Waals surface area contributed by atoms with Gasteiger partial charge in [-0.25, -0.2) is 13.6 Å². The molecule has 0 bridgehead atoms. The minimum absolute atomic E-state index is 0.0266. The molecule has 2 aromatic carbocycles. The first kappa shape index (κ1) is 23.2. The van der Waals surface area contributed by atoms with Gasteiger partial charge in [0.05, 0.1) is 5.92 Å². The van der Waals surface area contributed by atoms with E-state index < -0.39 is 48.3 Å². The van der Waals surface area contributed by atoms with Gasteiger partial charge in [-0.1, -0.05) is 48.5 Å². The monoisotopic (exact) mass is 468 g/mol. The van der Waals surface area contributed by atoms with Gasteiger partial charge in [0.1, 0.15) is 18.6 Å². The zero-order valence-corrected chi connectivity index (χ0v) is 18.0. The average Bonchev–Trinajstić information content (AvgIpc) is 3.23. The van der Waals surface area contributed by atoms with Crippen LogP contribution < -0.4 is 10.6 Å². The van der Waals surface area contributed by atoms with E-state index in [-0.39, 0.29) is 18.9 Å². The molecule has 2 aliphatic carbocycles. The summed E-state index contributed by atoms with van der Waals surface area (Å²) in [6, 6.07) is 14.4. The van der Waals surface area contributed by atoms with Gasteiger partial charge in [0, 0.05) is 18.9 Å². The molecule has 2 amide bonds. The van der Waals surface area contributed by atoms with Crippen molar-refractivity contribution in [2.75, 3.05) is 13.2 Å². The Balaban J connectivity index is 1.34. The number of carboxylic acids is 1. The third-order valence-corrected chi connectivity index (χ3v) is 6.24. The lowest BCUT2D eigenvalue weighted by Crippen LogP contribution is -2.47. The third-order valence-electron chi connectivity index (χ3n) is 6.24. The van der Waals surface area contributed by atoms with Crippen LogP contribution in [0, 0.1) is 24.2 Å². The molecule has 7 nitrogen and oxygen atoms in total. The van der Waals surface area contributed by atoms with Gasteiger partial charge in [-0.15, -0.1) is 12.3 Å². The number of rotatable bonds is 8. The van der Waals surface area contributed by atoms with Crippen molar-refractivity contribution >= 4 is 18.0 Å². The average molecular weight is 468 g/mol. The number of carboxylic acid groups (broad SMARTS) is 1. The first-order valence-corrected chi connectivity index (χ1v) is 10.7. The molecule has 2 aromatic rings. The number of fused-ring (bicyclic) bond motifs is 3. The number of amides is 2. The summed E-state index contributed by atoms with van der Waals surface area (Å²) in [6.45, 7) is -0.519. The van der Waals surface area contributed by atoms with E-state index in [0.717, 1.165) is 22.3 Å². The lowest BCUT2D eigenvalue weighted by atomic mass is 9.98. The maximum absolute atomic E-state index is 13.5. The first-order valence-electron chi connectivity index (χ1n) is 10.7. The molecular weight excluding hydrogens is 446 g/mol. The second-order valence-electron chi connectivity index (χ2n) is 8.27. The van der Waals surface area contributed by atoms with E-state index in [0.29, 0.717) is 0 Å². The van der Waals surface area contributed by atoms with Crippen LogP contribution in [-0.4, -0.2) is 48.2 Å². The molecule has 1 saturated carbocycles. The number of nitrogens with one attached hydrogen (secondary N) is 2. The highest BCUT2D eigenvalue weighted by Crippen LogP contribution is 2.54. The van der Waals surface area contributed by atoms with Crippen molar-refractivity contribution in [1.82, 2.24) is 10.6 Å². The maximum atomic E-state index is 13.5. The van der Waals surface area contributed by atoms with Crippen molar-refractivity contribution in [3.63, 3.8) is 0 Å². The van der Waals surface area contributed by atoms with E-state index >= 15 is 0 Å². The Bertz CT molecular complexity index is 1130. The van der Waals surface area contributed by atoms with E-state index in [9.17, 15) is 23.2 Å². The van der Waals surface area contributed by atoms with Crippen LogP contribution in [0.15, 0.2) is 48.5 Å². The zero-order chi connectivity index (χ0) is 24.5. The van der Waals surface area contributed by atoms with Crippen molar-refractivity contribution in [2.24, 2.45) is 11.8 Å². The fourth-order valence-electron chi connectivity index (χ4n) is 4.42. The van der Waals surface area contributed by atoms with E-state index in [2.05, 4.69) is 16.6 Å². The molecule has 0 saturated heterocycles. The Hall–Kier alpha value is -3.93. The van der Waals surface area contributed by atoms with Gasteiger partial charge in [-0.3, -0.25) is 9.59 Å².